The van der Waals surface area contributed by atoms with Crippen LogP contribution in [0.25, 0.3) is 4.85 Å². The Morgan fingerprint density at radius 2 is 1.64 bits per heavy atom. The average Bonchev–Trinajstić information content (AvgIpc) is 2.19. The minimum Gasteiger partial charge on any atom is -0.313 e. The van der Waals surface area contributed by atoms with Crippen LogP contribution in [0.15, 0.2) is 30.3 Å². The Bertz CT molecular complexity index is 308. The van der Waals surface area contributed by atoms with E-state index in [9.17, 15) is 0 Å². The maximum atomic E-state index is 7.11. The van der Waals surface area contributed by atoms with Crippen LogP contribution in [0, 0.1) is 12.5 Å². The van der Waals surface area contributed by atoms with Crippen molar-refractivity contribution in [2.24, 2.45) is 5.92 Å². The van der Waals surface area contributed by atoms with E-state index in [1.54, 1.807) is 0 Å². The third-order valence-electron chi connectivity index (χ3n) is 2.63. The number of rotatable bonds is 3. The summed E-state index contributed by atoms with van der Waals surface area (Å²) in [6, 6.07) is 10.4. The second-order valence-electron chi connectivity index (χ2n) is 4.05. The molecule has 14 heavy (non-hydrogen) atoms. The van der Waals surface area contributed by atoms with E-state index < -0.39 is 0 Å². The molecule has 2 atom stereocenters. The summed E-state index contributed by atoms with van der Waals surface area (Å²) in [4.78, 5) is 3.64. The van der Waals surface area contributed by atoms with Crippen LogP contribution in [-0.2, 0) is 0 Å². The van der Waals surface area contributed by atoms with E-state index in [1.165, 1.54) is 5.56 Å². The minimum atomic E-state index is 0.0670. The average molecular weight is 187 g/mol. The van der Waals surface area contributed by atoms with Gasteiger partial charge in [0, 0.05) is 6.92 Å². The van der Waals surface area contributed by atoms with Crippen LogP contribution >= 0.6 is 0 Å². The fraction of sp³-hybridized carbons (Fsp3) is 0.462. The van der Waals surface area contributed by atoms with Crippen molar-refractivity contribution in [3.05, 3.63) is 47.3 Å². The third-order valence-corrected chi connectivity index (χ3v) is 2.63. The van der Waals surface area contributed by atoms with Gasteiger partial charge in [0.1, 0.15) is 0 Å². The topological polar surface area (TPSA) is 4.36 Å². The van der Waals surface area contributed by atoms with Gasteiger partial charge in [-0.25, -0.2) is 6.57 Å². The molecule has 1 aromatic carbocycles. The lowest BCUT2D eigenvalue weighted by Crippen LogP contribution is -2.17. The molecule has 0 fully saturated rings. The van der Waals surface area contributed by atoms with Gasteiger partial charge >= 0.3 is 0 Å². The first kappa shape index (κ1) is 10.8. The van der Waals surface area contributed by atoms with Crippen LogP contribution in [0.2, 0.25) is 0 Å². The van der Waals surface area contributed by atoms with Gasteiger partial charge in [-0.15, -0.1) is 0 Å². The number of hydrogen-bond donors (Lipinski definition) is 0. The zero-order valence-electron chi connectivity index (χ0n) is 9.07. The Labute approximate surface area is 86.6 Å². The summed E-state index contributed by atoms with van der Waals surface area (Å²) in [5.74, 6) is 0.871. The van der Waals surface area contributed by atoms with Gasteiger partial charge in [0.2, 0.25) is 6.04 Å². The summed E-state index contributed by atoms with van der Waals surface area (Å²) in [5, 5.41) is 0. The molecule has 0 aromatic heterocycles. The van der Waals surface area contributed by atoms with Crippen molar-refractivity contribution in [3.8, 4) is 0 Å². The number of nitrogens with zero attached hydrogens (tertiary/aromatic N) is 1. The highest BCUT2D eigenvalue weighted by molar-refractivity contribution is 5.22. The zero-order chi connectivity index (χ0) is 10.6. The van der Waals surface area contributed by atoms with Crippen molar-refractivity contribution in [2.45, 2.75) is 32.7 Å². The van der Waals surface area contributed by atoms with E-state index in [-0.39, 0.29) is 6.04 Å². The second-order valence-corrected chi connectivity index (χ2v) is 4.05. The van der Waals surface area contributed by atoms with E-state index in [4.69, 9.17) is 6.57 Å². The standard InChI is InChI=1S/C13H17N/c1-10(2)13(11(3)14-4)12-8-6-5-7-9-12/h5-11,13H,1-3H3. The quantitative estimate of drug-likeness (QED) is 0.635. The van der Waals surface area contributed by atoms with Gasteiger partial charge in [-0.2, -0.15) is 0 Å². The van der Waals surface area contributed by atoms with E-state index in [0.29, 0.717) is 11.8 Å². The third kappa shape index (κ3) is 2.35. The molecule has 0 heterocycles. The highest BCUT2D eigenvalue weighted by atomic mass is 14.7. The fourth-order valence-electron chi connectivity index (χ4n) is 1.98. The monoisotopic (exact) mass is 187 g/mol. The molecule has 1 heteroatoms. The van der Waals surface area contributed by atoms with E-state index in [1.807, 2.05) is 25.1 Å². The molecular weight excluding hydrogens is 170 g/mol. The summed E-state index contributed by atoms with van der Waals surface area (Å²) in [7, 11) is 0. The van der Waals surface area contributed by atoms with Crippen molar-refractivity contribution in [3.63, 3.8) is 0 Å². The van der Waals surface area contributed by atoms with E-state index >= 15 is 0 Å². The molecule has 1 nitrogen and oxygen atoms in total. The summed E-state index contributed by atoms with van der Waals surface area (Å²) in [6.07, 6.45) is 0. The van der Waals surface area contributed by atoms with Gasteiger partial charge in [0.25, 0.3) is 0 Å². The van der Waals surface area contributed by atoms with Gasteiger partial charge in [0.15, 0.2) is 0 Å². The van der Waals surface area contributed by atoms with E-state index in [0.717, 1.165) is 0 Å². The number of benzene rings is 1. The molecule has 74 valence electrons. The Morgan fingerprint density at radius 3 is 2.07 bits per heavy atom. The predicted octanol–water partition coefficient (Wildman–Crippen LogP) is 3.73. The van der Waals surface area contributed by atoms with Crippen molar-refractivity contribution in [1.82, 2.24) is 0 Å². The van der Waals surface area contributed by atoms with Gasteiger partial charge in [-0.05, 0) is 11.5 Å². The van der Waals surface area contributed by atoms with Gasteiger partial charge < -0.3 is 4.85 Å². The van der Waals surface area contributed by atoms with Crippen LogP contribution in [0.4, 0.5) is 0 Å². The zero-order valence-corrected chi connectivity index (χ0v) is 9.07. The molecule has 0 amide bonds. The molecule has 0 aliphatic heterocycles. The maximum absolute atomic E-state index is 7.11. The van der Waals surface area contributed by atoms with Crippen molar-refractivity contribution < 1.29 is 0 Å². The minimum absolute atomic E-state index is 0.0670. The smallest absolute Gasteiger partial charge is 0.227 e. The molecule has 1 aromatic rings. The molecular formula is C13H17N. The molecule has 0 aliphatic carbocycles. The largest absolute Gasteiger partial charge is 0.313 e. The first-order chi connectivity index (χ1) is 6.66. The van der Waals surface area contributed by atoms with Crippen LogP contribution in [-0.4, -0.2) is 6.04 Å². The molecule has 0 N–H and O–H groups in total. The fourth-order valence-corrected chi connectivity index (χ4v) is 1.98. The molecule has 0 aliphatic rings. The number of hydrogen-bond acceptors (Lipinski definition) is 0. The van der Waals surface area contributed by atoms with Crippen LogP contribution in [0.5, 0.6) is 0 Å². The van der Waals surface area contributed by atoms with Gasteiger partial charge in [-0.3, -0.25) is 0 Å². The van der Waals surface area contributed by atoms with E-state index in [2.05, 4.69) is 30.8 Å². The predicted molar refractivity (Wildman–Crippen MR) is 60.1 cm³/mol. The summed E-state index contributed by atoms with van der Waals surface area (Å²) in [6.45, 7) is 13.5. The second kappa shape index (κ2) is 4.81. The Hall–Kier alpha value is -1.29. The van der Waals surface area contributed by atoms with Crippen LogP contribution in [0.1, 0.15) is 32.3 Å². The lowest BCUT2D eigenvalue weighted by molar-refractivity contribution is 0.467. The molecule has 0 radical (unpaired) electrons. The molecule has 0 bridgehead atoms. The highest BCUT2D eigenvalue weighted by Crippen LogP contribution is 2.29. The van der Waals surface area contributed by atoms with Gasteiger partial charge in [0.05, 0.1) is 5.92 Å². The summed E-state index contributed by atoms with van der Waals surface area (Å²) >= 11 is 0. The van der Waals surface area contributed by atoms with Crippen LogP contribution in [0.3, 0.4) is 0 Å². The summed E-state index contributed by atoms with van der Waals surface area (Å²) in [5.41, 5.74) is 1.28. The first-order valence-electron chi connectivity index (χ1n) is 5.08. The molecule has 0 saturated carbocycles. The van der Waals surface area contributed by atoms with Crippen molar-refractivity contribution in [2.75, 3.05) is 0 Å². The normalized spacial score (nSPS) is 14.8. The Morgan fingerprint density at radius 1 is 1.07 bits per heavy atom. The Balaban J connectivity index is 2.96. The van der Waals surface area contributed by atoms with Crippen LogP contribution < -0.4 is 0 Å². The van der Waals surface area contributed by atoms with Crippen molar-refractivity contribution in [1.29, 1.82) is 0 Å². The summed E-state index contributed by atoms with van der Waals surface area (Å²) < 4.78 is 0. The van der Waals surface area contributed by atoms with Crippen molar-refractivity contribution >= 4 is 0 Å². The molecule has 1 rings (SSSR count). The lowest BCUT2D eigenvalue weighted by atomic mass is 9.83. The SMILES string of the molecule is [C-]#[N+]C(C)C(c1ccccc1)C(C)C. The lowest BCUT2D eigenvalue weighted by Gasteiger charge is -2.20. The Kier molecular flexibility index (Phi) is 3.71. The van der Waals surface area contributed by atoms with Gasteiger partial charge in [-0.1, -0.05) is 44.2 Å². The first-order valence-corrected chi connectivity index (χ1v) is 5.08. The maximum Gasteiger partial charge on any atom is 0.227 e. The molecule has 2 unspecified atom stereocenters. The molecule has 0 spiro atoms. The molecule has 0 saturated heterocycles. The highest BCUT2D eigenvalue weighted by Gasteiger charge is 2.26.